The van der Waals surface area contributed by atoms with Crippen molar-refractivity contribution in [3.05, 3.63) is 29.6 Å². The van der Waals surface area contributed by atoms with E-state index in [1.807, 2.05) is 0 Å². The molecule has 1 aromatic carbocycles. The van der Waals surface area contributed by atoms with Crippen LogP contribution in [0, 0.1) is 5.82 Å². The van der Waals surface area contributed by atoms with Crippen LogP contribution < -0.4 is 10.6 Å². The first kappa shape index (κ1) is 11.8. The summed E-state index contributed by atoms with van der Waals surface area (Å²) in [7, 11) is 0. The van der Waals surface area contributed by atoms with Crippen molar-refractivity contribution < 1.29 is 22.4 Å². The highest BCUT2D eigenvalue weighted by atomic mass is 19.4. The highest BCUT2D eigenvalue weighted by Crippen LogP contribution is 2.31. The highest BCUT2D eigenvalue weighted by Gasteiger charge is 2.35. The summed E-state index contributed by atoms with van der Waals surface area (Å²) in [6.45, 7) is -1.28. The predicted octanol–water partition coefficient (Wildman–Crippen LogP) is 1.97. The van der Waals surface area contributed by atoms with Gasteiger partial charge in [0.1, 0.15) is 11.9 Å². The quantitative estimate of drug-likeness (QED) is 0.785. The lowest BCUT2D eigenvalue weighted by molar-refractivity contribution is -0.129. The molecule has 92 valence electrons. The molecule has 1 heterocycles. The third-order valence-corrected chi connectivity index (χ3v) is 2.35. The first-order valence-corrected chi connectivity index (χ1v) is 4.77. The molecule has 0 saturated carbocycles. The summed E-state index contributed by atoms with van der Waals surface area (Å²) in [5.41, 5.74) is 0.523. The molecular weight excluding hydrogens is 240 g/mol. The Labute approximate surface area is 93.8 Å². The summed E-state index contributed by atoms with van der Waals surface area (Å²) >= 11 is 0. The summed E-state index contributed by atoms with van der Waals surface area (Å²) < 4.78 is 48.9. The molecule has 7 heteroatoms. The van der Waals surface area contributed by atoms with Crippen LogP contribution in [0.3, 0.4) is 0 Å². The molecule has 1 aliphatic rings. The number of carbonyl (C=O) groups excluding carboxylic acids is 1. The minimum absolute atomic E-state index is 0.203. The zero-order valence-electron chi connectivity index (χ0n) is 8.44. The fourth-order valence-corrected chi connectivity index (χ4v) is 1.66. The van der Waals surface area contributed by atoms with Crippen LogP contribution in [0.15, 0.2) is 18.2 Å². The Bertz CT molecular complexity index is 458. The molecule has 0 saturated heterocycles. The number of hydrogen-bond donors (Lipinski definition) is 2. The van der Waals surface area contributed by atoms with Crippen molar-refractivity contribution in [1.82, 2.24) is 5.32 Å². The number of halogens is 4. The number of alkyl halides is 3. The van der Waals surface area contributed by atoms with Crippen LogP contribution in [0.25, 0.3) is 0 Å². The van der Waals surface area contributed by atoms with Gasteiger partial charge < -0.3 is 5.32 Å². The van der Waals surface area contributed by atoms with Gasteiger partial charge in [0.2, 0.25) is 5.91 Å². The average molecular weight is 248 g/mol. The Morgan fingerprint density at radius 2 is 2.06 bits per heavy atom. The average Bonchev–Trinajstić information content (AvgIpc) is 2.48. The van der Waals surface area contributed by atoms with Gasteiger partial charge in [0.05, 0.1) is 6.54 Å². The number of amides is 1. The molecule has 1 unspecified atom stereocenters. The van der Waals surface area contributed by atoms with E-state index in [9.17, 15) is 22.4 Å². The van der Waals surface area contributed by atoms with Gasteiger partial charge >= 0.3 is 6.18 Å². The molecule has 0 aromatic heterocycles. The number of hydrogen-bond acceptors (Lipinski definition) is 2. The highest BCUT2D eigenvalue weighted by molar-refractivity contribution is 6.02. The summed E-state index contributed by atoms with van der Waals surface area (Å²) in [5.74, 6) is -1.17. The first-order valence-electron chi connectivity index (χ1n) is 4.77. The predicted molar refractivity (Wildman–Crippen MR) is 51.8 cm³/mol. The monoisotopic (exact) mass is 248 g/mol. The zero-order valence-corrected chi connectivity index (χ0v) is 8.44. The number of fused-ring (bicyclic) bond motifs is 1. The van der Waals surface area contributed by atoms with Crippen LogP contribution in [-0.2, 0) is 4.79 Å². The molecule has 1 amide bonds. The van der Waals surface area contributed by atoms with E-state index in [4.69, 9.17) is 0 Å². The maximum Gasteiger partial charge on any atom is 0.401 e. The minimum atomic E-state index is -4.40. The molecule has 3 nitrogen and oxygen atoms in total. The molecular formula is C10H8F4N2O. The molecule has 1 atom stereocenters. The van der Waals surface area contributed by atoms with Crippen molar-refractivity contribution in [1.29, 1.82) is 0 Å². The van der Waals surface area contributed by atoms with Crippen molar-refractivity contribution >= 4 is 11.6 Å². The molecule has 0 aliphatic carbocycles. The van der Waals surface area contributed by atoms with E-state index in [0.29, 0.717) is 5.56 Å². The van der Waals surface area contributed by atoms with Gasteiger partial charge in [-0.1, -0.05) is 6.07 Å². The normalized spacial score (nSPS) is 19.1. The Kier molecular flexibility index (Phi) is 2.78. The van der Waals surface area contributed by atoms with E-state index in [-0.39, 0.29) is 5.69 Å². The van der Waals surface area contributed by atoms with Gasteiger partial charge in [0.25, 0.3) is 0 Å². The topological polar surface area (TPSA) is 41.1 Å². The van der Waals surface area contributed by atoms with Crippen molar-refractivity contribution in [2.45, 2.75) is 12.2 Å². The summed E-state index contributed by atoms with van der Waals surface area (Å²) in [6, 6.07) is 2.37. The smallest absolute Gasteiger partial charge is 0.324 e. The molecule has 0 bridgehead atoms. The maximum atomic E-state index is 12.8. The Hall–Kier alpha value is -1.63. The van der Waals surface area contributed by atoms with Gasteiger partial charge in [-0.15, -0.1) is 0 Å². The van der Waals surface area contributed by atoms with Crippen LogP contribution in [0.2, 0.25) is 0 Å². The van der Waals surface area contributed by atoms with E-state index >= 15 is 0 Å². The second-order valence-electron chi connectivity index (χ2n) is 3.65. The largest absolute Gasteiger partial charge is 0.401 e. The van der Waals surface area contributed by atoms with Crippen molar-refractivity contribution in [3.8, 4) is 0 Å². The van der Waals surface area contributed by atoms with E-state index in [1.54, 1.807) is 0 Å². The fourth-order valence-electron chi connectivity index (χ4n) is 1.66. The Morgan fingerprint density at radius 1 is 1.35 bits per heavy atom. The molecule has 0 radical (unpaired) electrons. The Balaban J connectivity index is 2.18. The zero-order chi connectivity index (χ0) is 12.6. The molecule has 2 rings (SSSR count). The van der Waals surface area contributed by atoms with E-state index < -0.39 is 30.5 Å². The van der Waals surface area contributed by atoms with Crippen LogP contribution in [0.4, 0.5) is 23.2 Å². The van der Waals surface area contributed by atoms with Crippen molar-refractivity contribution in [2.75, 3.05) is 11.9 Å². The van der Waals surface area contributed by atoms with Crippen LogP contribution >= 0.6 is 0 Å². The number of rotatable bonds is 2. The molecule has 1 aromatic rings. The lowest BCUT2D eigenvalue weighted by atomic mass is 10.1. The van der Waals surface area contributed by atoms with Gasteiger partial charge in [-0.05, 0) is 12.1 Å². The van der Waals surface area contributed by atoms with Gasteiger partial charge in [0, 0.05) is 11.3 Å². The second-order valence-corrected chi connectivity index (χ2v) is 3.65. The summed E-state index contributed by atoms with van der Waals surface area (Å²) in [4.78, 5) is 11.4. The maximum absolute atomic E-state index is 12.8. The van der Waals surface area contributed by atoms with Gasteiger partial charge in [-0.3, -0.25) is 10.1 Å². The van der Waals surface area contributed by atoms with Crippen LogP contribution in [0.5, 0.6) is 0 Å². The summed E-state index contributed by atoms with van der Waals surface area (Å²) in [5, 5.41) is 4.40. The molecule has 0 spiro atoms. The Morgan fingerprint density at radius 3 is 2.71 bits per heavy atom. The third-order valence-electron chi connectivity index (χ3n) is 2.35. The SMILES string of the molecule is O=C1Nc2cc(F)ccc2C1NCC(F)(F)F. The lowest BCUT2D eigenvalue weighted by Crippen LogP contribution is -2.35. The number of anilines is 1. The minimum Gasteiger partial charge on any atom is -0.324 e. The van der Waals surface area contributed by atoms with Gasteiger partial charge in [0.15, 0.2) is 0 Å². The second kappa shape index (κ2) is 3.99. The first-order chi connectivity index (χ1) is 7.87. The van der Waals surface area contributed by atoms with Gasteiger partial charge in [-0.25, -0.2) is 4.39 Å². The van der Waals surface area contributed by atoms with E-state index in [1.165, 1.54) is 6.07 Å². The van der Waals surface area contributed by atoms with Crippen molar-refractivity contribution in [2.24, 2.45) is 0 Å². The number of carbonyl (C=O) groups is 1. The molecule has 17 heavy (non-hydrogen) atoms. The fraction of sp³-hybridized carbons (Fsp3) is 0.300. The van der Waals surface area contributed by atoms with E-state index in [0.717, 1.165) is 12.1 Å². The van der Waals surface area contributed by atoms with Gasteiger partial charge in [-0.2, -0.15) is 13.2 Å². The third kappa shape index (κ3) is 2.55. The summed E-state index contributed by atoms with van der Waals surface area (Å²) in [6.07, 6.45) is -4.40. The van der Waals surface area contributed by atoms with Crippen LogP contribution in [-0.4, -0.2) is 18.6 Å². The number of nitrogens with one attached hydrogen (secondary N) is 2. The lowest BCUT2D eigenvalue weighted by Gasteiger charge is -2.13. The van der Waals surface area contributed by atoms with Crippen molar-refractivity contribution in [3.63, 3.8) is 0 Å². The van der Waals surface area contributed by atoms with E-state index in [2.05, 4.69) is 10.6 Å². The van der Waals surface area contributed by atoms with Crippen LogP contribution in [0.1, 0.15) is 11.6 Å². The molecule has 1 aliphatic heterocycles. The number of benzene rings is 1. The standard InChI is InChI=1S/C10H8F4N2O/c11-5-1-2-6-7(3-5)16-9(17)8(6)15-4-10(12,13)14/h1-3,8,15H,4H2,(H,16,17). The molecule has 2 N–H and O–H groups in total. The molecule has 0 fully saturated rings.